The van der Waals surface area contributed by atoms with Gasteiger partial charge in [-0.3, -0.25) is 15.1 Å². The number of aliphatic imine (C=N–C) groups is 1. The van der Waals surface area contributed by atoms with Crippen LogP contribution in [0.4, 0.5) is 11.4 Å². The number of hydrogen-bond donors (Lipinski definition) is 1. The number of fused-ring (bicyclic) bond motifs is 1. The third kappa shape index (κ3) is 4.16. The first-order chi connectivity index (χ1) is 15.0. The van der Waals surface area contributed by atoms with Crippen molar-refractivity contribution in [2.45, 2.75) is 26.2 Å². The van der Waals surface area contributed by atoms with Gasteiger partial charge in [0.25, 0.3) is 0 Å². The second-order valence-electron chi connectivity index (χ2n) is 7.34. The van der Waals surface area contributed by atoms with Crippen molar-refractivity contribution in [3.05, 3.63) is 81.9 Å². The minimum atomic E-state index is -0.632. The van der Waals surface area contributed by atoms with Gasteiger partial charge in [0, 0.05) is 23.4 Å². The number of benzene rings is 3. The van der Waals surface area contributed by atoms with Crippen LogP contribution >= 0.6 is 0 Å². The lowest BCUT2D eigenvalue weighted by Gasteiger charge is -2.07. The Labute approximate surface area is 178 Å². The summed E-state index contributed by atoms with van der Waals surface area (Å²) in [6.45, 7) is 4.34. The number of aromatic nitrogens is 1. The molecule has 0 aliphatic rings. The van der Waals surface area contributed by atoms with E-state index < -0.39 is 10.7 Å². The molecule has 31 heavy (non-hydrogen) atoms. The van der Waals surface area contributed by atoms with Crippen LogP contribution < -0.4 is 0 Å². The quantitative estimate of drug-likeness (QED) is 0.224. The molecule has 1 heterocycles. The lowest BCUT2D eigenvalue weighted by Crippen LogP contribution is -1.91. The van der Waals surface area contributed by atoms with Crippen molar-refractivity contribution in [3.8, 4) is 17.2 Å². The van der Waals surface area contributed by atoms with E-state index in [1.54, 1.807) is 12.1 Å². The molecule has 0 fully saturated rings. The van der Waals surface area contributed by atoms with Gasteiger partial charge < -0.3 is 9.52 Å². The number of hydrogen-bond acceptors (Lipinski definition) is 6. The van der Waals surface area contributed by atoms with E-state index >= 15 is 0 Å². The van der Waals surface area contributed by atoms with E-state index in [2.05, 4.69) is 36.0 Å². The molecule has 0 amide bonds. The Bertz CT molecular complexity index is 1290. The Morgan fingerprint density at radius 3 is 2.77 bits per heavy atom. The second-order valence-corrected chi connectivity index (χ2v) is 7.34. The number of aromatic hydroxyl groups is 1. The van der Waals surface area contributed by atoms with Gasteiger partial charge in [-0.2, -0.15) is 0 Å². The van der Waals surface area contributed by atoms with Crippen LogP contribution in [0.25, 0.3) is 22.6 Å². The van der Waals surface area contributed by atoms with Crippen molar-refractivity contribution in [1.82, 2.24) is 4.98 Å². The minimum absolute atomic E-state index is 0.263. The van der Waals surface area contributed by atoms with E-state index in [0.717, 1.165) is 23.1 Å². The Hall–Kier alpha value is -4.00. The summed E-state index contributed by atoms with van der Waals surface area (Å²) >= 11 is 0. The number of nitro benzene ring substituents is 1. The molecular formula is C24H21N3O4. The lowest BCUT2D eigenvalue weighted by molar-refractivity contribution is -0.385. The molecule has 7 heteroatoms. The van der Waals surface area contributed by atoms with E-state index in [1.807, 2.05) is 24.3 Å². The summed E-state index contributed by atoms with van der Waals surface area (Å²) < 4.78 is 5.92. The third-order valence-electron chi connectivity index (χ3n) is 5.28. The topological polar surface area (TPSA) is 102 Å². The van der Waals surface area contributed by atoms with Crippen LogP contribution in [-0.4, -0.2) is 21.2 Å². The van der Waals surface area contributed by atoms with Crippen LogP contribution in [0.15, 0.2) is 70.1 Å². The summed E-state index contributed by atoms with van der Waals surface area (Å²) in [5.74, 6) is 0.530. The monoisotopic (exact) mass is 415 g/mol. The smallest absolute Gasteiger partial charge is 0.311 e. The highest BCUT2D eigenvalue weighted by Crippen LogP contribution is 2.31. The molecule has 0 spiro atoms. The minimum Gasteiger partial charge on any atom is -0.502 e. The standard InChI is InChI=1S/C24H21N3O4/c1-3-15(2)16-10-11-22-20(13-16)26-24(31-22)17-6-4-8-19(12-17)25-14-18-7-5-9-21(23(18)28)27(29)30/h4-15,28H,3H2,1-2H3. The van der Waals surface area contributed by atoms with E-state index in [0.29, 0.717) is 17.5 Å². The Balaban J connectivity index is 1.64. The average Bonchev–Trinajstić information content (AvgIpc) is 3.21. The molecule has 0 saturated carbocycles. The number of nitrogens with zero attached hydrogens (tertiary/aromatic N) is 3. The highest BCUT2D eigenvalue weighted by molar-refractivity contribution is 5.87. The first-order valence-electron chi connectivity index (χ1n) is 9.97. The van der Waals surface area contributed by atoms with Crippen molar-refractivity contribution in [2.75, 3.05) is 0 Å². The normalized spacial score (nSPS) is 12.5. The van der Waals surface area contributed by atoms with Crippen LogP contribution in [0, 0.1) is 10.1 Å². The molecular weight excluding hydrogens is 394 g/mol. The Morgan fingerprint density at radius 1 is 1.19 bits per heavy atom. The average molecular weight is 415 g/mol. The number of para-hydroxylation sites is 1. The Kier molecular flexibility index (Phi) is 5.49. The van der Waals surface area contributed by atoms with Gasteiger partial charge >= 0.3 is 5.69 Å². The van der Waals surface area contributed by atoms with Gasteiger partial charge in [-0.1, -0.05) is 32.0 Å². The van der Waals surface area contributed by atoms with Crippen molar-refractivity contribution in [1.29, 1.82) is 0 Å². The number of nitro groups is 1. The Morgan fingerprint density at radius 2 is 2.00 bits per heavy atom. The summed E-state index contributed by atoms with van der Waals surface area (Å²) in [5, 5.41) is 21.1. The molecule has 7 nitrogen and oxygen atoms in total. The third-order valence-corrected chi connectivity index (χ3v) is 5.28. The molecule has 3 aromatic carbocycles. The fourth-order valence-corrected chi connectivity index (χ4v) is 3.27. The predicted molar refractivity (Wildman–Crippen MR) is 120 cm³/mol. The van der Waals surface area contributed by atoms with Crippen molar-refractivity contribution >= 4 is 28.7 Å². The van der Waals surface area contributed by atoms with E-state index in [-0.39, 0.29) is 11.3 Å². The van der Waals surface area contributed by atoms with Gasteiger partial charge in [0.1, 0.15) is 5.52 Å². The first kappa shape index (κ1) is 20.3. The largest absolute Gasteiger partial charge is 0.502 e. The van der Waals surface area contributed by atoms with Crippen LogP contribution in [0.3, 0.4) is 0 Å². The lowest BCUT2D eigenvalue weighted by atomic mass is 9.98. The summed E-state index contributed by atoms with van der Waals surface area (Å²) in [5.41, 5.74) is 4.02. The molecule has 0 aliphatic heterocycles. The van der Waals surface area contributed by atoms with Crippen molar-refractivity contribution < 1.29 is 14.4 Å². The van der Waals surface area contributed by atoms with Crippen LogP contribution in [0.2, 0.25) is 0 Å². The molecule has 156 valence electrons. The van der Waals surface area contributed by atoms with Crippen molar-refractivity contribution in [3.63, 3.8) is 0 Å². The summed E-state index contributed by atoms with van der Waals surface area (Å²) in [6.07, 6.45) is 2.45. The van der Waals surface area contributed by atoms with Gasteiger partial charge in [-0.15, -0.1) is 0 Å². The van der Waals surface area contributed by atoms with E-state index in [4.69, 9.17) is 4.42 Å². The number of phenolic OH excluding ortho intramolecular Hbond substituents is 1. The van der Waals surface area contributed by atoms with Crippen LogP contribution in [0.1, 0.15) is 37.3 Å². The maximum Gasteiger partial charge on any atom is 0.311 e. The first-order valence-corrected chi connectivity index (χ1v) is 9.97. The molecule has 4 aromatic rings. The molecule has 0 bridgehead atoms. The van der Waals surface area contributed by atoms with Gasteiger partial charge in [0.15, 0.2) is 5.58 Å². The highest BCUT2D eigenvalue weighted by atomic mass is 16.6. The molecule has 0 aliphatic carbocycles. The maximum atomic E-state index is 11.0. The number of rotatable bonds is 6. The molecule has 4 rings (SSSR count). The van der Waals surface area contributed by atoms with Gasteiger partial charge in [-0.25, -0.2) is 4.98 Å². The number of phenols is 1. The fraction of sp³-hybridized carbons (Fsp3) is 0.167. The molecule has 0 saturated heterocycles. The zero-order valence-corrected chi connectivity index (χ0v) is 17.1. The zero-order chi connectivity index (χ0) is 22.0. The molecule has 0 radical (unpaired) electrons. The van der Waals surface area contributed by atoms with Crippen LogP contribution in [0.5, 0.6) is 5.75 Å². The van der Waals surface area contributed by atoms with Crippen LogP contribution in [-0.2, 0) is 0 Å². The second kappa shape index (κ2) is 8.39. The molecule has 1 atom stereocenters. The molecule has 1 N–H and O–H groups in total. The number of oxazole rings is 1. The summed E-state index contributed by atoms with van der Waals surface area (Å²) in [7, 11) is 0. The van der Waals surface area contributed by atoms with Gasteiger partial charge in [0.2, 0.25) is 11.6 Å². The molecule has 1 aromatic heterocycles. The maximum absolute atomic E-state index is 11.0. The molecule has 1 unspecified atom stereocenters. The van der Waals surface area contributed by atoms with Gasteiger partial charge in [-0.05, 0) is 54.3 Å². The fourth-order valence-electron chi connectivity index (χ4n) is 3.27. The summed E-state index contributed by atoms with van der Waals surface area (Å²) in [6, 6.07) is 17.7. The van der Waals surface area contributed by atoms with Crippen molar-refractivity contribution in [2.24, 2.45) is 4.99 Å². The SMILES string of the molecule is CCC(C)c1ccc2oc(-c3cccc(N=Cc4cccc([N+](=O)[O-])c4O)c3)nc2c1. The zero-order valence-electron chi connectivity index (χ0n) is 17.1. The highest BCUT2D eigenvalue weighted by Gasteiger charge is 2.15. The predicted octanol–water partition coefficient (Wildman–Crippen LogP) is 6.37. The van der Waals surface area contributed by atoms with E-state index in [9.17, 15) is 15.2 Å². The van der Waals surface area contributed by atoms with Gasteiger partial charge in [0.05, 0.1) is 10.6 Å². The van der Waals surface area contributed by atoms with E-state index in [1.165, 1.54) is 23.9 Å². The summed E-state index contributed by atoms with van der Waals surface area (Å²) in [4.78, 5) is 19.3.